The minimum atomic E-state index is -0.132. The van der Waals surface area contributed by atoms with Crippen LogP contribution in [0.15, 0.2) is 23.9 Å². The fourth-order valence-corrected chi connectivity index (χ4v) is 3.16. The monoisotopic (exact) mass is 261 g/mol. The first kappa shape index (κ1) is 14.0. The van der Waals surface area contributed by atoms with E-state index in [1.807, 2.05) is 13.0 Å². The molecule has 0 aromatic carbocycles. The normalized spacial score (nSPS) is 31.5. The number of allylic oxidation sites excluding steroid dienone is 2. The van der Waals surface area contributed by atoms with Gasteiger partial charge in [0.15, 0.2) is 5.78 Å². The van der Waals surface area contributed by atoms with Crippen LogP contribution in [0.1, 0.15) is 52.4 Å². The van der Waals surface area contributed by atoms with Crippen LogP contribution in [0.25, 0.3) is 0 Å². The summed E-state index contributed by atoms with van der Waals surface area (Å²) in [7, 11) is 0. The molecule has 0 saturated heterocycles. The van der Waals surface area contributed by atoms with Crippen molar-refractivity contribution in [1.29, 1.82) is 0 Å². The van der Waals surface area contributed by atoms with Crippen LogP contribution in [0.4, 0.5) is 0 Å². The first-order valence-electron chi connectivity index (χ1n) is 7.12. The van der Waals surface area contributed by atoms with Gasteiger partial charge in [0, 0.05) is 23.6 Å². The largest absolute Gasteiger partial charge is 0.379 e. The average molecular weight is 261 g/mol. The predicted molar refractivity (Wildman–Crippen MR) is 75.6 cm³/mol. The van der Waals surface area contributed by atoms with E-state index in [1.165, 1.54) is 0 Å². The van der Waals surface area contributed by atoms with E-state index in [4.69, 9.17) is 0 Å². The molecular formula is C16H23NO2. The average Bonchev–Trinajstić information content (AvgIpc) is 2.71. The summed E-state index contributed by atoms with van der Waals surface area (Å²) < 4.78 is 0. The highest BCUT2D eigenvalue weighted by atomic mass is 16.1. The number of hydrogen-bond donors (Lipinski definition) is 1. The second-order valence-electron chi connectivity index (χ2n) is 5.90. The highest BCUT2D eigenvalue weighted by Gasteiger charge is 2.35. The Morgan fingerprint density at radius 2 is 2.00 bits per heavy atom. The lowest BCUT2D eigenvalue weighted by Crippen LogP contribution is -2.46. The first-order valence-corrected chi connectivity index (χ1v) is 7.12. The van der Waals surface area contributed by atoms with Gasteiger partial charge in [-0.25, -0.2) is 0 Å². The number of nitrogens with one attached hydrogen (secondary N) is 1. The zero-order valence-electron chi connectivity index (χ0n) is 11.9. The van der Waals surface area contributed by atoms with Crippen LogP contribution >= 0.6 is 0 Å². The maximum Gasteiger partial charge on any atom is 0.160 e. The molecule has 19 heavy (non-hydrogen) atoms. The Kier molecular flexibility index (Phi) is 3.93. The summed E-state index contributed by atoms with van der Waals surface area (Å²) in [6.45, 7) is 7.54. The molecule has 104 valence electrons. The molecule has 0 radical (unpaired) electrons. The summed E-state index contributed by atoms with van der Waals surface area (Å²) in [4.78, 5) is 23.0. The van der Waals surface area contributed by atoms with Gasteiger partial charge in [-0.05, 0) is 46.0 Å². The molecule has 2 aliphatic rings. The number of Topliss-reactive ketones (excluding diaryl/α,β-unsaturated/α-hetero) is 2. The van der Waals surface area contributed by atoms with Crippen LogP contribution in [-0.2, 0) is 9.59 Å². The zero-order chi connectivity index (χ0) is 14.0. The van der Waals surface area contributed by atoms with Gasteiger partial charge in [0.05, 0.1) is 5.54 Å². The molecule has 0 aliphatic heterocycles. The molecule has 1 fully saturated rings. The Labute approximate surface area is 115 Å². The molecule has 1 saturated carbocycles. The van der Waals surface area contributed by atoms with Gasteiger partial charge in [-0.1, -0.05) is 6.08 Å². The summed E-state index contributed by atoms with van der Waals surface area (Å²) in [5.74, 6) is 0.749. The second-order valence-corrected chi connectivity index (χ2v) is 5.90. The molecule has 0 atom stereocenters. The van der Waals surface area contributed by atoms with Crippen molar-refractivity contribution in [2.45, 2.75) is 57.9 Å². The number of hydrogen-bond acceptors (Lipinski definition) is 3. The second kappa shape index (κ2) is 5.32. The third kappa shape index (κ3) is 2.80. The van der Waals surface area contributed by atoms with Gasteiger partial charge in [-0.2, -0.15) is 0 Å². The van der Waals surface area contributed by atoms with Crippen molar-refractivity contribution in [2.75, 3.05) is 0 Å². The quantitative estimate of drug-likeness (QED) is 0.791. The fourth-order valence-electron chi connectivity index (χ4n) is 3.16. The molecule has 0 bridgehead atoms. The van der Waals surface area contributed by atoms with Gasteiger partial charge in [0.1, 0.15) is 5.78 Å². The highest BCUT2D eigenvalue weighted by Crippen LogP contribution is 2.35. The van der Waals surface area contributed by atoms with E-state index in [1.54, 1.807) is 6.92 Å². The van der Waals surface area contributed by atoms with Crippen molar-refractivity contribution in [3.05, 3.63) is 23.9 Å². The van der Waals surface area contributed by atoms with Gasteiger partial charge in [-0.3, -0.25) is 9.59 Å². The molecular weight excluding hydrogens is 238 g/mol. The Morgan fingerprint density at radius 1 is 1.37 bits per heavy atom. The maximum absolute atomic E-state index is 11.6. The molecule has 2 aliphatic carbocycles. The number of carbonyl (C=O) groups excluding carboxylic acids is 2. The Bertz CT molecular complexity index is 440. The van der Waals surface area contributed by atoms with E-state index in [-0.39, 0.29) is 17.2 Å². The Balaban J connectivity index is 2.07. The van der Waals surface area contributed by atoms with Crippen LogP contribution < -0.4 is 5.32 Å². The van der Waals surface area contributed by atoms with Crippen molar-refractivity contribution in [2.24, 2.45) is 5.92 Å². The van der Waals surface area contributed by atoms with Gasteiger partial charge >= 0.3 is 0 Å². The van der Waals surface area contributed by atoms with E-state index >= 15 is 0 Å². The van der Waals surface area contributed by atoms with E-state index in [0.717, 1.165) is 43.4 Å². The lowest BCUT2D eigenvalue weighted by atomic mass is 9.75. The lowest BCUT2D eigenvalue weighted by molar-refractivity contribution is -0.122. The molecule has 0 aromatic heterocycles. The van der Waals surface area contributed by atoms with Crippen molar-refractivity contribution < 1.29 is 9.59 Å². The summed E-state index contributed by atoms with van der Waals surface area (Å²) in [5, 5.41) is 3.55. The minimum absolute atomic E-state index is 0.132. The molecule has 3 nitrogen and oxygen atoms in total. The third-order valence-electron chi connectivity index (χ3n) is 4.72. The van der Waals surface area contributed by atoms with Crippen molar-refractivity contribution >= 4 is 11.6 Å². The van der Waals surface area contributed by atoms with Gasteiger partial charge in [-0.15, -0.1) is 6.58 Å². The lowest BCUT2D eigenvalue weighted by Gasteiger charge is -2.39. The zero-order valence-corrected chi connectivity index (χ0v) is 11.9. The molecule has 0 heterocycles. The predicted octanol–water partition coefficient (Wildman–Crippen LogP) is 2.92. The molecule has 0 aromatic rings. The van der Waals surface area contributed by atoms with Gasteiger partial charge in [0.25, 0.3) is 0 Å². The highest BCUT2D eigenvalue weighted by molar-refractivity contribution is 5.98. The van der Waals surface area contributed by atoms with Crippen molar-refractivity contribution in [3.63, 3.8) is 0 Å². The SMILES string of the molecule is C=CC1(NC2=C(C)C(=O)CC2)CCC(C(C)=O)CC1. The molecule has 1 N–H and O–H groups in total. The summed E-state index contributed by atoms with van der Waals surface area (Å²) >= 11 is 0. The third-order valence-corrected chi connectivity index (χ3v) is 4.72. The summed E-state index contributed by atoms with van der Waals surface area (Å²) in [6.07, 6.45) is 7.07. The van der Waals surface area contributed by atoms with Crippen LogP contribution in [0.5, 0.6) is 0 Å². The van der Waals surface area contributed by atoms with Gasteiger partial charge in [0.2, 0.25) is 0 Å². The van der Waals surface area contributed by atoms with Crippen molar-refractivity contribution in [1.82, 2.24) is 5.32 Å². The fraction of sp³-hybridized carbons (Fsp3) is 0.625. The van der Waals surface area contributed by atoms with E-state index in [9.17, 15) is 9.59 Å². The Morgan fingerprint density at radius 3 is 2.42 bits per heavy atom. The number of carbonyl (C=O) groups is 2. The van der Waals surface area contributed by atoms with Crippen LogP contribution in [0.3, 0.4) is 0 Å². The van der Waals surface area contributed by atoms with Crippen LogP contribution in [0, 0.1) is 5.92 Å². The van der Waals surface area contributed by atoms with E-state index in [2.05, 4.69) is 11.9 Å². The van der Waals surface area contributed by atoms with Gasteiger partial charge < -0.3 is 5.32 Å². The topological polar surface area (TPSA) is 46.2 Å². The summed E-state index contributed by atoms with van der Waals surface area (Å²) in [6, 6.07) is 0. The molecule has 0 unspecified atom stereocenters. The van der Waals surface area contributed by atoms with E-state index < -0.39 is 0 Å². The van der Waals surface area contributed by atoms with Crippen LogP contribution in [-0.4, -0.2) is 17.1 Å². The molecule has 3 heteroatoms. The molecule has 0 amide bonds. The van der Waals surface area contributed by atoms with E-state index in [0.29, 0.717) is 12.2 Å². The summed E-state index contributed by atoms with van der Waals surface area (Å²) in [5.41, 5.74) is 1.81. The van der Waals surface area contributed by atoms with Crippen LogP contribution in [0.2, 0.25) is 0 Å². The maximum atomic E-state index is 11.6. The number of ketones is 2. The molecule has 0 spiro atoms. The smallest absolute Gasteiger partial charge is 0.160 e. The minimum Gasteiger partial charge on any atom is -0.379 e. The first-order chi connectivity index (χ1) is 8.97. The van der Waals surface area contributed by atoms with Crippen molar-refractivity contribution in [3.8, 4) is 0 Å². The Hall–Kier alpha value is -1.38. The number of rotatable bonds is 4. The molecule has 2 rings (SSSR count). The standard InChI is InChI=1S/C16H23NO2/c1-4-16(9-7-13(8-10-16)12(3)18)17-14-5-6-15(19)11(14)2/h4,13,17H,1,5-10H2,2-3H3.